The highest BCUT2D eigenvalue weighted by molar-refractivity contribution is 5.49. The number of hydrogen-bond acceptors (Lipinski definition) is 3. The second kappa shape index (κ2) is 5.41. The van der Waals surface area contributed by atoms with Gasteiger partial charge in [0, 0.05) is 37.2 Å². The highest BCUT2D eigenvalue weighted by Gasteiger charge is 2.18. The van der Waals surface area contributed by atoms with E-state index < -0.39 is 0 Å². The van der Waals surface area contributed by atoms with Crippen molar-refractivity contribution in [3.05, 3.63) is 59.9 Å². The van der Waals surface area contributed by atoms with E-state index in [-0.39, 0.29) is 0 Å². The van der Waals surface area contributed by atoms with Crippen LogP contribution in [0.2, 0.25) is 0 Å². The van der Waals surface area contributed by atoms with E-state index >= 15 is 0 Å². The van der Waals surface area contributed by atoms with Crippen molar-refractivity contribution in [3.63, 3.8) is 0 Å². The molecule has 2 heterocycles. The zero-order chi connectivity index (χ0) is 13.1. The molecule has 0 radical (unpaired) electrons. The second-order valence-corrected chi connectivity index (χ2v) is 5.19. The van der Waals surface area contributed by atoms with Crippen LogP contribution in [0.15, 0.2) is 48.8 Å². The van der Waals surface area contributed by atoms with Crippen LogP contribution in [0.3, 0.4) is 0 Å². The van der Waals surface area contributed by atoms with Gasteiger partial charge in [0.25, 0.3) is 0 Å². The molecule has 2 N–H and O–H groups in total. The third kappa shape index (κ3) is 2.93. The Morgan fingerprint density at radius 2 is 1.74 bits per heavy atom. The number of aromatic nitrogens is 1. The van der Waals surface area contributed by atoms with Gasteiger partial charge in [-0.05, 0) is 48.2 Å². The molecule has 19 heavy (non-hydrogen) atoms. The molecule has 1 fully saturated rings. The Bertz CT molecular complexity index is 521. The molecule has 3 heteroatoms. The lowest BCUT2D eigenvalue weighted by Crippen LogP contribution is -2.26. The molecular weight excluding hydrogens is 234 g/mol. The average molecular weight is 253 g/mol. The van der Waals surface area contributed by atoms with Gasteiger partial charge < -0.3 is 10.6 Å². The van der Waals surface area contributed by atoms with Crippen molar-refractivity contribution < 1.29 is 0 Å². The summed E-state index contributed by atoms with van der Waals surface area (Å²) in [5.41, 5.74) is 9.86. The fraction of sp³-hybridized carbons (Fsp3) is 0.312. The topological polar surface area (TPSA) is 42.1 Å². The van der Waals surface area contributed by atoms with E-state index in [1.54, 1.807) is 0 Å². The maximum atomic E-state index is 5.95. The van der Waals surface area contributed by atoms with Crippen LogP contribution in [0.5, 0.6) is 0 Å². The van der Waals surface area contributed by atoms with E-state index in [0.29, 0.717) is 6.04 Å². The van der Waals surface area contributed by atoms with E-state index in [1.165, 1.54) is 16.8 Å². The molecule has 1 aliphatic rings. The van der Waals surface area contributed by atoms with Crippen LogP contribution in [-0.4, -0.2) is 24.1 Å². The van der Waals surface area contributed by atoms with Crippen LogP contribution in [-0.2, 0) is 6.42 Å². The van der Waals surface area contributed by atoms with Crippen molar-refractivity contribution in [2.75, 3.05) is 18.0 Å². The Kier molecular flexibility index (Phi) is 3.47. The third-order valence-corrected chi connectivity index (χ3v) is 3.68. The molecule has 1 saturated heterocycles. The van der Waals surface area contributed by atoms with E-state index in [4.69, 9.17) is 5.73 Å². The second-order valence-electron chi connectivity index (χ2n) is 5.19. The fourth-order valence-corrected chi connectivity index (χ4v) is 2.58. The van der Waals surface area contributed by atoms with Gasteiger partial charge in [-0.25, -0.2) is 0 Å². The van der Waals surface area contributed by atoms with Crippen molar-refractivity contribution in [2.24, 2.45) is 5.73 Å². The van der Waals surface area contributed by atoms with Crippen molar-refractivity contribution in [1.82, 2.24) is 4.98 Å². The van der Waals surface area contributed by atoms with Crippen LogP contribution in [0, 0.1) is 0 Å². The monoisotopic (exact) mass is 253 g/mol. The number of anilines is 1. The van der Waals surface area contributed by atoms with Gasteiger partial charge in [-0.1, -0.05) is 12.1 Å². The first-order valence-electron chi connectivity index (χ1n) is 6.79. The molecule has 98 valence electrons. The molecule has 3 nitrogen and oxygen atoms in total. The molecule has 1 unspecified atom stereocenters. The Hall–Kier alpha value is -1.87. The molecule has 0 saturated carbocycles. The molecule has 0 amide bonds. The normalized spacial score (nSPS) is 18.8. The van der Waals surface area contributed by atoms with Crippen LogP contribution in [0.25, 0.3) is 0 Å². The van der Waals surface area contributed by atoms with E-state index in [1.807, 2.05) is 12.4 Å². The zero-order valence-corrected chi connectivity index (χ0v) is 11.0. The first kappa shape index (κ1) is 12.2. The summed E-state index contributed by atoms with van der Waals surface area (Å²) in [6, 6.07) is 13.3. The molecule has 0 aliphatic carbocycles. The molecule has 0 spiro atoms. The zero-order valence-electron chi connectivity index (χ0n) is 11.0. The van der Waals surface area contributed by atoms with E-state index in [0.717, 1.165) is 25.9 Å². The molecule has 1 aromatic heterocycles. The van der Waals surface area contributed by atoms with Gasteiger partial charge in [-0.15, -0.1) is 0 Å². The minimum Gasteiger partial charge on any atom is -0.370 e. The lowest BCUT2D eigenvalue weighted by Gasteiger charge is -2.18. The van der Waals surface area contributed by atoms with Gasteiger partial charge in [0.2, 0.25) is 0 Å². The maximum absolute atomic E-state index is 5.95. The van der Waals surface area contributed by atoms with E-state index in [9.17, 15) is 0 Å². The van der Waals surface area contributed by atoms with Crippen molar-refractivity contribution in [2.45, 2.75) is 18.9 Å². The summed E-state index contributed by atoms with van der Waals surface area (Å²) in [4.78, 5) is 6.40. The Balaban J connectivity index is 1.69. The van der Waals surface area contributed by atoms with E-state index in [2.05, 4.69) is 46.3 Å². The van der Waals surface area contributed by atoms with Crippen LogP contribution >= 0.6 is 0 Å². The van der Waals surface area contributed by atoms with Crippen molar-refractivity contribution in [3.8, 4) is 0 Å². The largest absolute Gasteiger partial charge is 0.370 e. The van der Waals surface area contributed by atoms with Gasteiger partial charge in [0.15, 0.2) is 0 Å². The minimum atomic E-state index is 0.330. The first-order valence-corrected chi connectivity index (χ1v) is 6.79. The number of pyridine rings is 1. The predicted octanol–water partition coefficient (Wildman–Crippen LogP) is 2.21. The molecule has 2 aromatic rings. The summed E-state index contributed by atoms with van der Waals surface area (Å²) in [6.45, 7) is 2.05. The molecular formula is C16H19N3. The molecule has 0 bridgehead atoms. The summed E-state index contributed by atoms with van der Waals surface area (Å²) >= 11 is 0. The van der Waals surface area contributed by atoms with Gasteiger partial charge in [-0.3, -0.25) is 4.98 Å². The first-order chi connectivity index (χ1) is 9.31. The van der Waals surface area contributed by atoms with Gasteiger partial charge >= 0.3 is 0 Å². The lowest BCUT2D eigenvalue weighted by atomic mass is 10.1. The Morgan fingerprint density at radius 3 is 2.37 bits per heavy atom. The van der Waals surface area contributed by atoms with Crippen LogP contribution in [0.4, 0.5) is 5.69 Å². The molecule has 3 rings (SSSR count). The standard InChI is InChI=1S/C16H19N3/c17-15-7-10-19(12-15)16-3-1-13(2-4-16)11-14-5-8-18-9-6-14/h1-6,8-9,15H,7,10-12,17H2. The van der Waals surface area contributed by atoms with Crippen molar-refractivity contribution >= 4 is 5.69 Å². The predicted molar refractivity (Wildman–Crippen MR) is 78.3 cm³/mol. The summed E-state index contributed by atoms with van der Waals surface area (Å²) < 4.78 is 0. The molecule has 1 atom stereocenters. The number of benzene rings is 1. The highest BCUT2D eigenvalue weighted by Crippen LogP contribution is 2.21. The van der Waals surface area contributed by atoms with Gasteiger partial charge in [0.05, 0.1) is 0 Å². The number of hydrogen-bond donors (Lipinski definition) is 1. The van der Waals surface area contributed by atoms with Gasteiger partial charge in [-0.2, -0.15) is 0 Å². The molecule has 1 aliphatic heterocycles. The highest BCUT2D eigenvalue weighted by atomic mass is 15.2. The average Bonchev–Trinajstić information content (AvgIpc) is 2.87. The number of nitrogens with two attached hydrogens (primary N) is 1. The third-order valence-electron chi connectivity index (χ3n) is 3.68. The summed E-state index contributed by atoms with van der Waals surface area (Å²) in [5.74, 6) is 0. The van der Waals surface area contributed by atoms with Crippen molar-refractivity contribution in [1.29, 1.82) is 0 Å². The van der Waals surface area contributed by atoms with Crippen LogP contribution in [0.1, 0.15) is 17.5 Å². The number of nitrogens with zero attached hydrogens (tertiary/aromatic N) is 2. The van der Waals surface area contributed by atoms with Crippen LogP contribution < -0.4 is 10.6 Å². The molecule has 1 aromatic carbocycles. The SMILES string of the molecule is NC1CCN(c2ccc(Cc3ccncc3)cc2)C1. The lowest BCUT2D eigenvalue weighted by molar-refractivity contribution is 0.752. The summed E-state index contributed by atoms with van der Waals surface area (Å²) in [6.07, 6.45) is 5.74. The summed E-state index contributed by atoms with van der Waals surface area (Å²) in [7, 11) is 0. The smallest absolute Gasteiger partial charge is 0.0366 e. The maximum Gasteiger partial charge on any atom is 0.0366 e. The number of rotatable bonds is 3. The minimum absolute atomic E-state index is 0.330. The Morgan fingerprint density at radius 1 is 1.05 bits per heavy atom. The quantitative estimate of drug-likeness (QED) is 0.912. The summed E-state index contributed by atoms with van der Waals surface area (Å²) in [5, 5.41) is 0. The fourth-order valence-electron chi connectivity index (χ4n) is 2.58. The van der Waals surface area contributed by atoms with Gasteiger partial charge in [0.1, 0.15) is 0 Å². The Labute approximate surface area is 114 Å².